The predicted molar refractivity (Wildman–Crippen MR) is 66.8 cm³/mol. The first-order valence-corrected chi connectivity index (χ1v) is 5.62. The first-order chi connectivity index (χ1) is 8.24. The summed E-state index contributed by atoms with van der Waals surface area (Å²) in [6.45, 7) is 2.03. The molecule has 1 aromatic heterocycles. The number of nitrogens with zero attached hydrogens (tertiary/aromatic N) is 2. The van der Waals surface area contributed by atoms with E-state index in [0.717, 1.165) is 17.7 Å². The molecule has 0 unspecified atom stereocenters. The van der Waals surface area contributed by atoms with E-state index in [1.165, 1.54) is 5.56 Å². The van der Waals surface area contributed by atoms with E-state index in [9.17, 15) is 0 Å². The van der Waals surface area contributed by atoms with E-state index < -0.39 is 0 Å². The van der Waals surface area contributed by atoms with E-state index in [0.29, 0.717) is 5.88 Å². The maximum absolute atomic E-state index is 8.97. The molecule has 0 saturated carbocycles. The van der Waals surface area contributed by atoms with Gasteiger partial charge in [-0.2, -0.15) is 0 Å². The molecule has 4 heteroatoms. The largest absolute Gasteiger partial charge is 0.376 e. The molecule has 0 amide bonds. The third-order valence-corrected chi connectivity index (χ3v) is 2.74. The van der Waals surface area contributed by atoms with Gasteiger partial charge in [0.05, 0.1) is 0 Å². The minimum Gasteiger partial charge on any atom is -0.376 e. The number of hydrogen-bond acceptors (Lipinski definition) is 4. The summed E-state index contributed by atoms with van der Waals surface area (Å²) in [7, 11) is 1.74. The number of aliphatic hydroxyl groups excluding tert-OH is 1. The molecule has 0 aliphatic rings. The van der Waals surface area contributed by atoms with Crippen molar-refractivity contribution in [2.45, 2.75) is 13.3 Å². The van der Waals surface area contributed by atoms with Crippen LogP contribution in [-0.4, -0.2) is 24.0 Å². The second-order valence-corrected chi connectivity index (χ2v) is 3.94. The maximum atomic E-state index is 8.97. The van der Waals surface area contributed by atoms with Crippen molar-refractivity contribution in [3.05, 3.63) is 35.9 Å². The topological polar surface area (TPSA) is 49.5 Å². The monoisotopic (exact) mass is 232 g/mol. The highest BCUT2D eigenvalue weighted by atomic mass is 16.5. The second kappa shape index (κ2) is 5.01. The minimum atomic E-state index is -0.0938. The zero-order chi connectivity index (χ0) is 12.3. The van der Waals surface area contributed by atoms with E-state index in [1.54, 1.807) is 11.9 Å². The molecule has 0 spiro atoms. The van der Waals surface area contributed by atoms with Crippen LogP contribution in [-0.2, 0) is 6.42 Å². The fraction of sp³-hybridized carbons (Fsp3) is 0.308. The highest BCUT2D eigenvalue weighted by Gasteiger charge is 2.09. The molecule has 0 aliphatic carbocycles. The second-order valence-electron chi connectivity index (χ2n) is 3.94. The Hall–Kier alpha value is -1.81. The van der Waals surface area contributed by atoms with E-state index in [-0.39, 0.29) is 6.73 Å². The summed E-state index contributed by atoms with van der Waals surface area (Å²) < 4.78 is 5.14. The van der Waals surface area contributed by atoms with Gasteiger partial charge < -0.3 is 14.5 Å². The molecule has 0 aliphatic heterocycles. The summed E-state index contributed by atoms with van der Waals surface area (Å²) in [5.74, 6) is 0.557. The fourth-order valence-corrected chi connectivity index (χ4v) is 1.56. The first-order valence-electron chi connectivity index (χ1n) is 5.62. The Morgan fingerprint density at radius 2 is 2.00 bits per heavy atom. The van der Waals surface area contributed by atoms with E-state index >= 15 is 0 Å². The van der Waals surface area contributed by atoms with E-state index in [2.05, 4.69) is 24.2 Å². The summed E-state index contributed by atoms with van der Waals surface area (Å²) >= 11 is 0. The molecule has 17 heavy (non-hydrogen) atoms. The van der Waals surface area contributed by atoms with E-state index in [4.69, 9.17) is 9.63 Å². The molecule has 0 bridgehead atoms. The zero-order valence-electron chi connectivity index (χ0n) is 10.1. The molecular weight excluding hydrogens is 216 g/mol. The lowest BCUT2D eigenvalue weighted by molar-refractivity contribution is 0.285. The maximum Gasteiger partial charge on any atom is 0.229 e. The van der Waals surface area contributed by atoms with Crippen LogP contribution in [0.25, 0.3) is 11.3 Å². The van der Waals surface area contributed by atoms with Crippen LogP contribution in [0.15, 0.2) is 34.9 Å². The summed E-state index contributed by atoms with van der Waals surface area (Å²) in [4.78, 5) is 1.58. The highest BCUT2D eigenvalue weighted by molar-refractivity contribution is 5.62. The van der Waals surface area contributed by atoms with Crippen LogP contribution in [0.4, 0.5) is 5.88 Å². The van der Waals surface area contributed by atoms with Gasteiger partial charge in [0.25, 0.3) is 0 Å². The van der Waals surface area contributed by atoms with Gasteiger partial charge in [-0.05, 0) is 12.0 Å². The van der Waals surface area contributed by atoms with Gasteiger partial charge in [0, 0.05) is 18.7 Å². The molecule has 1 heterocycles. The predicted octanol–water partition coefficient (Wildman–Crippen LogP) is 2.29. The third kappa shape index (κ3) is 2.47. The Labute approximate surface area is 100 Å². The van der Waals surface area contributed by atoms with Crippen LogP contribution in [0.5, 0.6) is 0 Å². The molecule has 0 atom stereocenters. The molecule has 1 N–H and O–H groups in total. The Morgan fingerprint density at radius 1 is 1.29 bits per heavy atom. The number of rotatable bonds is 4. The summed E-state index contributed by atoms with van der Waals surface area (Å²) in [6.07, 6.45) is 1.03. The van der Waals surface area contributed by atoms with Crippen molar-refractivity contribution < 1.29 is 9.63 Å². The van der Waals surface area contributed by atoms with Gasteiger partial charge in [0.1, 0.15) is 12.4 Å². The SMILES string of the molecule is CCc1ccc(-c2cc(N(C)CO)on2)cc1. The summed E-state index contributed by atoms with van der Waals surface area (Å²) in [5.41, 5.74) is 3.09. The Kier molecular flexibility index (Phi) is 3.44. The third-order valence-electron chi connectivity index (χ3n) is 2.74. The average Bonchev–Trinajstić information content (AvgIpc) is 2.87. The molecule has 90 valence electrons. The van der Waals surface area contributed by atoms with Gasteiger partial charge in [-0.1, -0.05) is 36.3 Å². The molecular formula is C13H16N2O2. The van der Waals surface area contributed by atoms with Crippen molar-refractivity contribution >= 4 is 5.88 Å². The number of aryl methyl sites for hydroxylation is 1. The van der Waals surface area contributed by atoms with Gasteiger partial charge >= 0.3 is 0 Å². The number of aliphatic hydroxyl groups is 1. The van der Waals surface area contributed by atoms with Crippen molar-refractivity contribution in [2.24, 2.45) is 0 Å². The quantitative estimate of drug-likeness (QED) is 0.822. The molecule has 2 rings (SSSR count). The van der Waals surface area contributed by atoms with Gasteiger partial charge in [0.2, 0.25) is 5.88 Å². The van der Waals surface area contributed by atoms with Gasteiger partial charge in [0.15, 0.2) is 0 Å². The Balaban J connectivity index is 2.24. The fourth-order valence-electron chi connectivity index (χ4n) is 1.56. The highest BCUT2D eigenvalue weighted by Crippen LogP contribution is 2.23. The van der Waals surface area contributed by atoms with Crippen LogP contribution < -0.4 is 4.90 Å². The molecule has 0 radical (unpaired) electrons. The van der Waals surface area contributed by atoms with Crippen LogP contribution in [0.2, 0.25) is 0 Å². The molecule has 4 nitrogen and oxygen atoms in total. The number of anilines is 1. The van der Waals surface area contributed by atoms with Crippen molar-refractivity contribution in [2.75, 3.05) is 18.7 Å². The van der Waals surface area contributed by atoms with E-state index in [1.807, 2.05) is 18.2 Å². The van der Waals surface area contributed by atoms with Gasteiger partial charge in [-0.15, -0.1) is 0 Å². The van der Waals surface area contributed by atoms with Crippen molar-refractivity contribution in [3.63, 3.8) is 0 Å². The van der Waals surface area contributed by atoms with Crippen LogP contribution in [0, 0.1) is 0 Å². The Morgan fingerprint density at radius 3 is 2.59 bits per heavy atom. The zero-order valence-corrected chi connectivity index (χ0v) is 10.1. The molecule has 1 aromatic carbocycles. The summed E-state index contributed by atoms with van der Waals surface area (Å²) in [6, 6.07) is 10.0. The standard InChI is InChI=1S/C13H16N2O2/c1-3-10-4-6-11(7-5-10)12-8-13(17-14-12)15(2)9-16/h4-8,16H,3,9H2,1-2H3. The normalized spacial score (nSPS) is 10.5. The molecule has 0 saturated heterocycles. The van der Waals surface area contributed by atoms with Gasteiger partial charge in [-0.25, -0.2) is 0 Å². The Bertz CT molecular complexity index is 476. The lowest BCUT2D eigenvalue weighted by Gasteiger charge is -2.08. The number of aromatic nitrogens is 1. The number of hydrogen-bond donors (Lipinski definition) is 1. The minimum absolute atomic E-state index is 0.0938. The van der Waals surface area contributed by atoms with Crippen molar-refractivity contribution in [1.29, 1.82) is 0 Å². The van der Waals surface area contributed by atoms with Crippen LogP contribution in [0.3, 0.4) is 0 Å². The van der Waals surface area contributed by atoms with Crippen molar-refractivity contribution in [3.8, 4) is 11.3 Å². The molecule has 0 fully saturated rings. The molecule has 2 aromatic rings. The smallest absolute Gasteiger partial charge is 0.229 e. The van der Waals surface area contributed by atoms with Crippen LogP contribution >= 0.6 is 0 Å². The lowest BCUT2D eigenvalue weighted by Crippen LogP contribution is -2.16. The summed E-state index contributed by atoms with van der Waals surface area (Å²) in [5, 5.41) is 13.0. The number of benzene rings is 1. The first kappa shape index (κ1) is 11.7. The van der Waals surface area contributed by atoms with Gasteiger partial charge in [-0.3, -0.25) is 0 Å². The van der Waals surface area contributed by atoms with Crippen LogP contribution in [0.1, 0.15) is 12.5 Å². The average molecular weight is 232 g/mol. The van der Waals surface area contributed by atoms with Crippen molar-refractivity contribution in [1.82, 2.24) is 5.16 Å². The lowest BCUT2D eigenvalue weighted by atomic mass is 10.1.